The second kappa shape index (κ2) is 6.36. The fraction of sp³-hybridized carbons (Fsp3) is 0. The molecule has 112 valence electrons. The first-order chi connectivity index (χ1) is 11.2. The molecule has 3 rings (SSSR count). The van der Waals surface area contributed by atoms with E-state index in [-0.39, 0.29) is 11.6 Å². The van der Waals surface area contributed by atoms with Crippen molar-refractivity contribution in [3.8, 4) is 23.5 Å². The topological polar surface area (TPSA) is 114 Å². The van der Waals surface area contributed by atoms with E-state index in [9.17, 15) is 4.79 Å². The molecule has 3 aromatic rings. The van der Waals surface area contributed by atoms with Crippen molar-refractivity contribution in [2.24, 2.45) is 0 Å². The van der Waals surface area contributed by atoms with Crippen molar-refractivity contribution in [1.29, 1.82) is 0 Å². The summed E-state index contributed by atoms with van der Waals surface area (Å²) in [6.45, 7) is 0. The van der Waals surface area contributed by atoms with Crippen molar-refractivity contribution in [2.45, 2.75) is 0 Å². The van der Waals surface area contributed by atoms with Crippen LogP contribution >= 0.6 is 0 Å². The number of carboxylic acids is 1. The fourth-order valence-corrected chi connectivity index (χ4v) is 1.68. The Balaban J connectivity index is 1.82. The zero-order chi connectivity index (χ0) is 16.1. The van der Waals surface area contributed by atoms with Gasteiger partial charge in [0.2, 0.25) is 5.69 Å². The molecule has 2 heterocycles. The van der Waals surface area contributed by atoms with Crippen LogP contribution in [0.4, 0.5) is 0 Å². The number of nitrogens with zero attached hydrogens (tertiary/aromatic N) is 4. The van der Waals surface area contributed by atoms with Gasteiger partial charge in [-0.2, -0.15) is 5.10 Å². The Labute approximate surface area is 130 Å². The number of carbonyl (C=O) groups is 1. The van der Waals surface area contributed by atoms with Gasteiger partial charge >= 0.3 is 5.97 Å². The lowest BCUT2D eigenvalue weighted by Gasteiger charge is -2.02. The first kappa shape index (κ1) is 14.2. The van der Waals surface area contributed by atoms with Crippen LogP contribution in [0.15, 0.2) is 42.6 Å². The van der Waals surface area contributed by atoms with Gasteiger partial charge in [0.15, 0.2) is 0 Å². The molecule has 2 N–H and O–H groups in total. The Morgan fingerprint density at radius 3 is 2.87 bits per heavy atom. The van der Waals surface area contributed by atoms with Crippen molar-refractivity contribution in [3.63, 3.8) is 0 Å². The van der Waals surface area contributed by atoms with Crippen LogP contribution in [0, 0.1) is 11.8 Å². The van der Waals surface area contributed by atoms with Gasteiger partial charge in [0.05, 0.1) is 0 Å². The van der Waals surface area contributed by atoms with E-state index >= 15 is 0 Å². The predicted octanol–water partition coefficient (Wildman–Crippen LogP) is 1.48. The van der Waals surface area contributed by atoms with E-state index in [2.05, 4.69) is 37.4 Å². The normalized spacial score (nSPS) is 9.74. The summed E-state index contributed by atoms with van der Waals surface area (Å²) in [7, 11) is 0. The number of aromatic carboxylic acids is 1. The average molecular weight is 307 g/mol. The number of nitrogens with one attached hydrogen (secondary N) is 1. The second-order valence-corrected chi connectivity index (χ2v) is 4.29. The minimum Gasteiger partial charge on any atom is -0.476 e. The molecule has 0 amide bonds. The largest absolute Gasteiger partial charge is 0.476 e. The quantitative estimate of drug-likeness (QED) is 0.704. The van der Waals surface area contributed by atoms with Gasteiger partial charge in [-0.1, -0.05) is 22.3 Å². The number of benzene rings is 1. The summed E-state index contributed by atoms with van der Waals surface area (Å²) in [6, 6.07) is 10.3. The highest BCUT2D eigenvalue weighted by Gasteiger charge is 2.16. The van der Waals surface area contributed by atoms with E-state index in [0.29, 0.717) is 17.0 Å². The monoisotopic (exact) mass is 307 g/mol. The Hall–Kier alpha value is -3.73. The Bertz CT molecular complexity index is 896. The van der Waals surface area contributed by atoms with E-state index in [4.69, 9.17) is 9.84 Å². The average Bonchev–Trinajstić information content (AvgIpc) is 3.03. The maximum atomic E-state index is 11.0. The first-order valence-electron chi connectivity index (χ1n) is 6.44. The number of aromatic nitrogens is 5. The van der Waals surface area contributed by atoms with Crippen molar-refractivity contribution >= 4 is 5.97 Å². The van der Waals surface area contributed by atoms with Crippen molar-refractivity contribution in [3.05, 3.63) is 59.5 Å². The molecule has 0 aliphatic rings. The molecular formula is C15H9N5O3. The lowest BCUT2D eigenvalue weighted by atomic mass is 10.2. The summed E-state index contributed by atoms with van der Waals surface area (Å²) in [5.41, 5.74) is 0.998. The molecule has 0 fully saturated rings. The van der Waals surface area contributed by atoms with Crippen LogP contribution in [0.5, 0.6) is 11.6 Å². The first-order valence-corrected chi connectivity index (χ1v) is 6.44. The number of H-pyrrole nitrogens is 1. The zero-order valence-electron chi connectivity index (χ0n) is 11.6. The van der Waals surface area contributed by atoms with Gasteiger partial charge in [-0.3, -0.25) is 0 Å². The summed E-state index contributed by atoms with van der Waals surface area (Å²) >= 11 is 0. The second-order valence-electron chi connectivity index (χ2n) is 4.29. The maximum Gasteiger partial charge on any atom is 0.359 e. The number of carboxylic acid groups (broad SMARTS) is 1. The van der Waals surface area contributed by atoms with Crippen molar-refractivity contribution in [2.75, 3.05) is 0 Å². The molecule has 0 aliphatic heterocycles. The summed E-state index contributed by atoms with van der Waals surface area (Å²) in [4.78, 5) is 11.0. The van der Waals surface area contributed by atoms with E-state index in [0.717, 1.165) is 0 Å². The van der Waals surface area contributed by atoms with Gasteiger partial charge in [-0.05, 0) is 36.3 Å². The Morgan fingerprint density at radius 2 is 2.09 bits per heavy atom. The number of hydrogen-bond donors (Lipinski definition) is 2. The SMILES string of the molecule is O=C(O)c1[nH]nnc1Oc1cccc(C#Cc2cccnn2)c1. The van der Waals surface area contributed by atoms with E-state index in [1.165, 1.54) is 0 Å². The van der Waals surface area contributed by atoms with E-state index in [1.54, 1.807) is 42.6 Å². The van der Waals surface area contributed by atoms with Crippen LogP contribution in [0.25, 0.3) is 0 Å². The predicted molar refractivity (Wildman–Crippen MR) is 77.9 cm³/mol. The third-order valence-corrected chi connectivity index (χ3v) is 2.69. The lowest BCUT2D eigenvalue weighted by Crippen LogP contribution is -1.99. The van der Waals surface area contributed by atoms with Gasteiger partial charge in [0, 0.05) is 11.8 Å². The van der Waals surface area contributed by atoms with Crippen LogP contribution in [0.2, 0.25) is 0 Å². The Kier molecular flexibility index (Phi) is 3.93. The lowest BCUT2D eigenvalue weighted by molar-refractivity contribution is 0.0687. The van der Waals surface area contributed by atoms with Crippen LogP contribution in [0.3, 0.4) is 0 Å². The Morgan fingerprint density at radius 1 is 1.17 bits per heavy atom. The molecule has 0 atom stereocenters. The third-order valence-electron chi connectivity index (χ3n) is 2.69. The highest BCUT2D eigenvalue weighted by Crippen LogP contribution is 2.22. The molecule has 0 saturated heterocycles. The molecular weight excluding hydrogens is 298 g/mol. The summed E-state index contributed by atoms with van der Waals surface area (Å²) in [6.07, 6.45) is 1.57. The summed E-state index contributed by atoms with van der Waals surface area (Å²) < 4.78 is 5.42. The van der Waals surface area contributed by atoms with Crippen molar-refractivity contribution in [1.82, 2.24) is 25.6 Å². The van der Waals surface area contributed by atoms with Crippen LogP contribution < -0.4 is 4.74 Å². The van der Waals surface area contributed by atoms with Gasteiger partial charge in [-0.15, -0.1) is 5.10 Å². The van der Waals surface area contributed by atoms with Crippen LogP contribution in [0.1, 0.15) is 21.7 Å². The summed E-state index contributed by atoms with van der Waals surface area (Å²) in [5.74, 6) is 4.87. The molecule has 0 unspecified atom stereocenters. The molecule has 0 spiro atoms. The smallest absolute Gasteiger partial charge is 0.359 e. The third kappa shape index (κ3) is 3.48. The highest BCUT2D eigenvalue weighted by atomic mass is 16.5. The molecule has 8 nitrogen and oxygen atoms in total. The molecule has 0 aliphatic carbocycles. The van der Waals surface area contributed by atoms with E-state index in [1.807, 2.05) is 0 Å². The van der Waals surface area contributed by atoms with Crippen LogP contribution in [-0.2, 0) is 0 Å². The molecule has 23 heavy (non-hydrogen) atoms. The number of aromatic amines is 1. The standard InChI is InChI=1S/C15H9N5O3/c21-15(22)13-14(19-20-18-13)23-12-5-1-3-10(9-12)6-7-11-4-2-8-16-17-11/h1-5,8-9H,(H,21,22)(H,18,19,20). The number of hydrogen-bond acceptors (Lipinski definition) is 6. The molecule has 0 saturated carbocycles. The minimum absolute atomic E-state index is 0.114. The molecule has 0 radical (unpaired) electrons. The zero-order valence-corrected chi connectivity index (χ0v) is 11.6. The van der Waals surface area contributed by atoms with Gasteiger partial charge in [0.25, 0.3) is 5.88 Å². The van der Waals surface area contributed by atoms with Crippen LogP contribution in [-0.4, -0.2) is 36.7 Å². The maximum absolute atomic E-state index is 11.0. The number of ether oxygens (including phenoxy) is 1. The molecule has 0 bridgehead atoms. The minimum atomic E-state index is -1.21. The molecule has 8 heteroatoms. The molecule has 2 aromatic heterocycles. The molecule has 1 aromatic carbocycles. The summed E-state index contributed by atoms with van der Waals surface area (Å²) in [5, 5.41) is 25.8. The van der Waals surface area contributed by atoms with Crippen molar-refractivity contribution < 1.29 is 14.6 Å². The number of rotatable bonds is 3. The fourth-order valence-electron chi connectivity index (χ4n) is 1.68. The van der Waals surface area contributed by atoms with Gasteiger partial charge < -0.3 is 9.84 Å². The van der Waals surface area contributed by atoms with Gasteiger partial charge in [-0.25, -0.2) is 9.89 Å². The highest BCUT2D eigenvalue weighted by molar-refractivity contribution is 5.87. The van der Waals surface area contributed by atoms with Gasteiger partial charge in [0.1, 0.15) is 11.4 Å². The van der Waals surface area contributed by atoms with E-state index < -0.39 is 5.97 Å².